The number of likely N-dealkylation sites (tertiary alicyclic amines) is 1. The summed E-state index contributed by atoms with van der Waals surface area (Å²) in [6.45, 7) is 1.91. The molecule has 10 nitrogen and oxygen atoms in total. The molecule has 0 spiro atoms. The Kier molecular flexibility index (Phi) is 6.17. The van der Waals surface area contributed by atoms with Crippen LogP contribution in [0.25, 0.3) is 22.4 Å². The van der Waals surface area contributed by atoms with Crippen molar-refractivity contribution in [3.63, 3.8) is 0 Å². The fourth-order valence-corrected chi connectivity index (χ4v) is 4.22. The number of amides is 1. The van der Waals surface area contributed by atoms with Crippen molar-refractivity contribution in [2.75, 3.05) is 38.8 Å². The first-order valence-electron chi connectivity index (χ1n) is 11.5. The Balaban J connectivity index is 1.55. The Bertz CT molecular complexity index is 1350. The molecular weight excluding hydrogens is 446 g/mol. The summed E-state index contributed by atoms with van der Waals surface area (Å²) in [5, 5.41) is 4.22. The lowest BCUT2D eigenvalue weighted by atomic mass is 10.2. The third kappa shape index (κ3) is 4.72. The van der Waals surface area contributed by atoms with Gasteiger partial charge in [-0.2, -0.15) is 5.10 Å². The minimum absolute atomic E-state index is 0.187. The van der Waals surface area contributed by atoms with Gasteiger partial charge in [0.15, 0.2) is 5.65 Å². The number of carbonyl (C=O) groups excluding carboxylic acids is 1. The number of rotatable bonds is 8. The molecular formula is C25H27N7O3. The summed E-state index contributed by atoms with van der Waals surface area (Å²) in [6, 6.07) is 9.50. The molecule has 1 amide bonds. The van der Waals surface area contributed by atoms with E-state index in [0.717, 1.165) is 24.2 Å². The lowest BCUT2D eigenvalue weighted by Crippen LogP contribution is -2.34. The molecule has 1 saturated heterocycles. The highest BCUT2D eigenvalue weighted by molar-refractivity contribution is 5.79. The molecule has 0 aliphatic carbocycles. The van der Waals surface area contributed by atoms with Crippen molar-refractivity contribution in [3.8, 4) is 22.8 Å². The smallest absolute Gasteiger partial charge is 0.222 e. The van der Waals surface area contributed by atoms with E-state index >= 15 is 0 Å². The second-order valence-electron chi connectivity index (χ2n) is 8.38. The first-order valence-corrected chi connectivity index (χ1v) is 11.5. The number of methoxy groups -OCH3 is 2. The maximum atomic E-state index is 12.2. The number of hydrogen-bond donors (Lipinski definition) is 0. The van der Waals surface area contributed by atoms with E-state index in [1.54, 1.807) is 31.3 Å². The summed E-state index contributed by atoms with van der Waals surface area (Å²) in [7, 11) is 5.10. The minimum atomic E-state index is 0.187. The molecule has 4 aromatic rings. The average Bonchev–Trinajstić information content (AvgIpc) is 3.51. The van der Waals surface area contributed by atoms with E-state index in [2.05, 4.69) is 15.0 Å². The van der Waals surface area contributed by atoms with Gasteiger partial charge >= 0.3 is 0 Å². The largest absolute Gasteiger partial charge is 0.497 e. The van der Waals surface area contributed by atoms with Crippen LogP contribution in [0.15, 0.2) is 48.9 Å². The van der Waals surface area contributed by atoms with Crippen LogP contribution in [0.3, 0.4) is 0 Å². The van der Waals surface area contributed by atoms with Gasteiger partial charge in [0.2, 0.25) is 5.91 Å². The van der Waals surface area contributed by atoms with E-state index in [9.17, 15) is 4.79 Å². The summed E-state index contributed by atoms with van der Waals surface area (Å²) in [4.78, 5) is 30.3. The first-order chi connectivity index (χ1) is 17.0. The Hall–Kier alpha value is -4.21. The lowest BCUT2D eigenvalue weighted by molar-refractivity contribution is -0.127. The summed E-state index contributed by atoms with van der Waals surface area (Å²) < 4.78 is 12.7. The molecule has 1 aliphatic rings. The zero-order valence-corrected chi connectivity index (χ0v) is 20.0. The number of benzene rings is 1. The van der Waals surface area contributed by atoms with Crippen molar-refractivity contribution >= 4 is 28.6 Å². The van der Waals surface area contributed by atoms with E-state index < -0.39 is 0 Å². The number of nitrogens with zero attached hydrogens (tertiary/aromatic N) is 7. The molecule has 1 aliphatic heterocycles. The van der Waals surface area contributed by atoms with Crippen LogP contribution in [-0.4, -0.2) is 69.4 Å². The molecule has 3 aromatic heterocycles. The standard InChI is InChI=1S/C25H27N7O3/c1-30-16-17(14-27-30)22-15-26-21-6-7-23(29-25(21)28-22)32(10-9-31-8-4-5-24(31)33)18-11-19(34-2)13-20(12-18)35-3/h6-7,11-16H,4-5,8-10H2,1-3H3. The predicted molar refractivity (Wildman–Crippen MR) is 132 cm³/mol. The molecule has 35 heavy (non-hydrogen) atoms. The van der Waals surface area contributed by atoms with Gasteiger partial charge in [0, 0.05) is 68.7 Å². The Morgan fingerprint density at radius 1 is 1.06 bits per heavy atom. The van der Waals surface area contributed by atoms with E-state index in [-0.39, 0.29) is 5.91 Å². The van der Waals surface area contributed by atoms with Crippen molar-refractivity contribution in [1.29, 1.82) is 0 Å². The van der Waals surface area contributed by atoms with Crippen LogP contribution in [0, 0.1) is 0 Å². The predicted octanol–water partition coefficient (Wildman–Crippen LogP) is 3.20. The van der Waals surface area contributed by atoms with Crippen LogP contribution in [-0.2, 0) is 11.8 Å². The number of fused-ring (bicyclic) bond motifs is 1. The number of anilines is 2. The van der Waals surface area contributed by atoms with Crippen LogP contribution in [0.5, 0.6) is 11.5 Å². The number of pyridine rings is 1. The molecule has 0 atom stereocenters. The third-order valence-corrected chi connectivity index (χ3v) is 6.08. The summed E-state index contributed by atoms with van der Waals surface area (Å²) in [5.74, 6) is 2.21. The van der Waals surface area contributed by atoms with Gasteiger partial charge in [-0.15, -0.1) is 0 Å². The molecule has 0 unspecified atom stereocenters. The highest BCUT2D eigenvalue weighted by Crippen LogP contribution is 2.33. The highest BCUT2D eigenvalue weighted by Gasteiger charge is 2.22. The monoisotopic (exact) mass is 473 g/mol. The van der Waals surface area contributed by atoms with Crippen molar-refractivity contribution in [3.05, 3.63) is 48.9 Å². The number of ether oxygens (including phenoxy) is 2. The lowest BCUT2D eigenvalue weighted by Gasteiger charge is -2.27. The van der Waals surface area contributed by atoms with Gasteiger partial charge in [-0.05, 0) is 18.6 Å². The van der Waals surface area contributed by atoms with Crippen LogP contribution < -0.4 is 14.4 Å². The minimum Gasteiger partial charge on any atom is -0.497 e. The maximum Gasteiger partial charge on any atom is 0.222 e. The van der Waals surface area contributed by atoms with E-state index in [1.165, 1.54) is 0 Å². The molecule has 0 N–H and O–H groups in total. The fraction of sp³-hybridized carbons (Fsp3) is 0.320. The van der Waals surface area contributed by atoms with Gasteiger partial charge in [-0.3, -0.25) is 14.5 Å². The van der Waals surface area contributed by atoms with Gasteiger partial charge in [0.05, 0.1) is 32.3 Å². The van der Waals surface area contributed by atoms with Crippen molar-refractivity contribution in [2.24, 2.45) is 7.05 Å². The van der Waals surface area contributed by atoms with Gasteiger partial charge in [-0.25, -0.2) is 9.97 Å². The zero-order valence-electron chi connectivity index (χ0n) is 20.0. The number of aryl methyl sites for hydroxylation is 1. The summed E-state index contributed by atoms with van der Waals surface area (Å²) in [5.41, 5.74) is 3.64. The van der Waals surface area contributed by atoms with E-state index in [4.69, 9.17) is 19.4 Å². The molecule has 0 radical (unpaired) electrons. The molecule has 4 heterocycles. The van der Waals surface area contributed by atoms with Gasteiger partial charge in [0.25, 0.3) is 0 Å². The van der Waals surface area contributed by atoms with Crippen LogP contribution in [0.2, 0.25) is 0 Å². The first kappa shape index (κ1) is 22.6. The van der Waals surface area contributed by atoms with Crippen molar-refractivity contribution < 1.29 is 14.3 Å². The summed E-state index contributed by atoms with van der Waals surface area (Å²) in [6.07, 6.45) is 6.87. The molecule has 0 saturated carbocycles. The third-order valence-electron chi connectivity index (χ3n) is 6.08. The second-order valence-corrected chi connectivity index (χ2v) is 8.38. The number of hydrogen-bond acceptors (Lipinski definition) is 8. The summed E-state index contributed by atoms with van der Waals surface area (Å²) >= 11 is 0. The fourth-order valence-electron chi connectivity index (χ4n) is 4.22. The van der Waals surface area contributed by atoms with Gasteiger partial charge in [0.1, 0.15) is 22.8 Å². The van der Waals surface area contributed by atoms with Crippen LogP contribution in [0.4, 0.5) is 11.5 Å². The van der Waals surface area contributed by atoms with E-state index in [0.29, 0.717) is 53.7 Å². The Morgan fingerprint density at radius 3 is 2.51 bits per heavy atom. The number of carbonyl (C=O) groups is 1. The molecule has 1 aromatic carbocycles. The van der Waals surface area contributed by atoms with Crippen molar-refractivity contribution in [1.82, 2.24) is 29.6 Å². The Morgan fingerprint density at radius 2 is 1.86 bits per heavy atom. The molecule has 5 rings (SSSR count). The van der Waals surface area contributed by atoms with Gasteiger partial charge < -0.3 is 19.3 Å². The molecule has 180 valence electrons. The van der Waals surface area contributed by atoms with E-state index in [1.807, 2.05) is 48.5 Å². The van der Waals surface area contributed by atoms with Crippen LogP contribution in [0.1, 0.15) is 12.8 Å². The Labute approximate surface area is 203 Å². The molecule has 1 fully saturated rings. The SMILES string of the molecule is COc1cc(OC)cc(N(CCN2CCCC2=O)c2ccc3ncc(-c4cnn(C)c4)nc3n2)c1. The molecule has 10 heteroatoms. The quantitative estimate of drug-likeness (QED) is 0.385. The van der Waals surface area contributed by atoms with Crippen molar-refractivity contribution in [2.45, 2.75) is 12.8 Å². The highest BCUT2D eigenvalue weighted by atomic mass is 16.5. The van der Waals surface area contributed by atoms with Crippen LogP contribution >= 0.6 is 0 Å². The molecule has 0 bridgehead atoms. The zero-order chi connectivity index (χ0) is 24.4. The normalized spacial score (nSPS) is 13.5. The topological polar surface area (TPSA) is 98.5 Å². The van der Waals surface area contributed by atoms with Gasteiger partial charge in [-0.1, -0.05) is 0 Å². The average molecular weight is 474 g/mol. The maximum absolute atomic E-state index is 12.2. The second kappa shape index (κ2) is 9.57. The number of aromatic nitrogens is 5.